The predicted molar refractivity (Wildman–Crippen MR) is 88.8 cm³/mol. The van der Waals surface area contributed by atoms with Crippen LogP contribution in [0, 0.1) is 0 Å². The van der Waals surface area contributed by atoms with Crippen molar-refractivity contribution in [2.24, 2.45) is 0 Å². The quantitative estimate of drug-likeness (QED) is 0.760. The predicted octanol–water partition coefficient (Wildman–Crippen LogP) is 4.38. The van der Waals surface area contributed by atoms with Gasteiger partial charge in [0.25, 0.3) is 5.56 Å². The van der Waals surface area contributed by atoms with E-state index in [1.807, 2.05) is 0 Å². The first-order valence-corrected chi connectivity index (χ1v) is 8.31. The second kappa shape index (κ2) is 6.68. The molecular weight excluding hydrogens is 337 g/mol. The number of nitrogens with one attached hydrogen (secondary N) is 1. The van der Waals surface area contributed by atoms with E-state index < -0.39 is 11.7 Å². The molecule has 124 valence electrons. The Bertz CT molecular complexity index is 921. The van der Waals surface area contributed by atoms with Gasteiger partial charge in [-0.25, -0.2) is 4.98 Å². The van der Waals surface area contributed by atoms with E-state index >= 15 is 0 Å². The molecule has 0 saturated carbocycles. The monoisotopic (exact) mass is 350 g/mol. The molecule has 0 saturated heterocycles. The van der Waals surface area contributed by atoms with Crippen LogP contribution in [0.3, 0.4) is 0 Å². The maximum absolute atomic E-state index is 12.7. The molecule has 0 aliphatic heterocycles. The van der Waals surface area contributed by atoms with Crippen LogP contribution in [0.25, 0.3) is 10.9 Å². The lowest BCUT2D eigenvalue weighted by molar-refractivity contribution is -0.137. The highest BCUT2D eigenvalue weighted by molar-refractivity contribution is 7.97. The third-order valence-corrected chi connectivity index (χ3v) is 4.44. The summed E-state index contributed by atoms with van der Waals surface area (Å²) in [7, 11) is 0. The molecule has 0 unspecified atom stereocenters. The number of hydrogen-bond donors (Lipinski definition) is 1. The number of aromatic amines is 1. The molecule has 0 aliphatic carbocycles. The van der Waals surface area contributed by atoms with Crippen molar-refractivity contribution in [2.75, 3.05) is 0 Å². The SMILES string of the molecule is O=c1[nH]c(CSCc2cccc(C(F)(F)F)c2)nc2ccccc12. The van der Waals surface area contributed by atoms with Crippen molar-refractivity contribution in [3.63, 3.8) is 0 Å². The molecule has 3 rings (SSSR count). The molecule has 2 aromatic carbocycles. The summed E-state index contributed by atoms with van der Waals surface area (Å²) in [4.78, 5) is 19.0. The number of alkyl halides is 3. The van der Waals surface area contributed by atoms with Gasteiger partial charge in [0.1, 0.15) is 5.82 Å². The Labute approximate surface area is 139 Å². The fourth-order valence-corrected chi connectivity index (χ4v) is 3.15. The molecule has 0 aliphatic rings. The first-order valence-electron chi connectivity index (χ1n) is 7.15. The number of rotatable bonds is 4. The van der Waals surface area contributed by atoms with Crippen molar-refractivity contribution in [2.45, 2.75) is 17.7 Å². The minimum absolute atomic E-state index is 0.213. The summed E-state index contributed by atoms with van der Waals surface area (Å²) >= 11 is 1.40. The lowest BCUT2D eigenvalue weighted by Gasteiger charge is -2.08. The summed E-state index contributed by atoms with van der Waals surface area (Å²) in [5.41, 5.74) is 0.321. The number of para-hydroxylation sites is 1. The summed E-state index contributed by atoms with van der Waals surface area (Å²) in [6.07, 6.45) is -4.34. The topological polar surface area (TPSA) is 45.8 Å². The molecule has 7 heteroatoms. The smallest absolute Gasteiger partial charge is 0.309 e. The zero-order valence-corrected chi connectivity index (χ0v) is 13.2. The second-order valence-corrected chi connectivity index (χ2v) is 6.21. The number of hydrogen-bond acceptors (Lipinski definition) is 3. The highest BCUT2D eigenvalue weighted by atomic mass is 32.2. The molecular formula is C17H13F3N2OS. The number of fused-ring (bicyclic) bond motifs is 1. The van der Waals surface area contributed by atoms with Gasteiger partial charge in [-0.1, -0.05) is 30.3 Å². The van der Waals surface area contributed by atoms with Crippen LogP contribution in [0.4, 0.5) is 13.2 Å². The van der Waals surface area contributed by atoms with Crippen LogP contribution in [0.15, 0.2) is 53.3 Å². The van der Waals surface area contributed by atoms with Crippen LogP contribution in [0.1, 0.15) is 17.0 Å². The Morgan fingerprint density at radius 1 is 1.04 bits per heavy atom. The maximum atomic E-state index is 12.7. The summed E-state index contributed by atoms with van der Waals surface area (Å²) in [6, 6.07) is 12.3. The van der Waals surface area contributed by atoms with Gasteiger partial charge in [0.15, 0.2) is 0 Å². The fraction of sp³-hybridized carbons (Fsp3) is 0.176. The van der Waals surface area contributed by atoms with Crippen LogP contribution in [0.2, 0.25) is 0 Å². The molecule has 1 heterocycles. The second-order valence-electron chi connectivity index (χ2n) is 5.22. The van der Waals surface area contributed by atoms with Gasteiger partial charge in [0, 0.05) is 5.75 Å². The molecule has 1 N–H and O–H groups in total. The zero-order chi connectivity index (χ0) is 17.2. The Kier molecular flexibility index (Phi) is 4.62. The van der Waals surface area contributed by atoms with Crippen molar-refractivity contribution in [1.82, 2.24) is 9.97 Å². The van der Waals surface area contributed by atoms with Gasteiger partial charge in [-0.15, -0.1) is 11.8 Å². The van der Waals surface area contributed by atoms with E-state index in [1.54, 1.807) is 30.3 Å². The number of thioether (sulfide) groups is 1. The van der Waals surface area contributed by atoms with E-state index in [9.17, 15) is 18.0 Å². The standard InChI is InChI=1S/C17H13F3N2OS/c18-17(19,20)12-5-3-4-11(8-12)9-24-10-15-21-14-7-2-1-6-13(14)16(23)22-15/h1-8H,9-10H2,(H,21,22,23). The third-order valence-electron chi connectivity index (χ3n) is 3.42. The van der Waals surface area contributed by atoms with E-state index in [1.165, 1.54) is 17.8 Å². The Morgan fingerprint density at radius 3 is 2.62 bits per heavy atom. The van der Waals surface area contributed by atoms with Gasteiger partial charge in [-0.05, 0) is 23.8 Å². The summed E-state index contributed by atoms with van der Waals surface area (Å²) in [6.45, 7) is 0. The van der Waals surface area contributed by atoms with E-state index in [4.69, 9.17) is 0 Å². The molecule has 0 fully saturated rings. The average molecular weight is 350 g/mol. The van der Waals surface area contributed by atoms with E-state index in [2.05, 4.69) is 9.97 Å². The average Bonchev–Trinajstić information content (AvgIpc) is 2.54. The van der Waals surface area contributed by atoms with Crippen molar-refractivity contribution in [3.05, 3.63) is 75.8 Å². The number of H-pyrrole nitrogens is 1. The molecule has 0 amide bonds. The lowest BCUT2D eigenvalue weighted by atomic mass is 10.1. The first-order chi connectivity index (χ1) is 11.4. The van der Waals surface area contributed by atoms with Gasteiger partial charge < -0.3 is 4.98 Å². The Balaban J connectivity index is 1.70. The summed E-state index contributed by atoms with van der Waals surface area (Å²) in [5.74, 6) is 1.33. The van der Waals surface area contributed by atoms with Gasteiger partial charge in [0.2, 0.25) is 0 Å². The van der Waals surface area contributed by atoms with Gasteiger partial charge in [-0.2, -0.15) is 13.2 Å². The highest BCUT2D eigenvalue weighted by Crippen LogP contribution is 2.30. The zero-order valence-electron chi connectivity index (χ0n) is 12.4. The van der Waals surface area contributed by atoms with Crippen LogP contribution < -0.4 is 5.56 Å². The Hall–Kier alpha value is -2.28. The molecule has 0 spiro atoms. The van der Waals surface area contributed by atoms with Crippen LogP contribution >= 0.6 is 11.8 Å². The maximum Gasteiger partial charge on any atom is 0.416 e. The van der Waals surface area contributed by atoms with Gasteiger partial charge >= 0.3 is 6.18 Å². The summed E-state index contributed by atoms with van der Waals surface area (Å²) < 4.78 is 38.1. The third kappa shape index (κ3) is 3.79. The highest BCUT2D eigenvalue weighted by Gasteiger charge is 2.30. The molecule has 24 heavy (non-hydrogen) atoms. The number of nitrogens with zero attached hydrogens (tertiary/aromatic N) is 1. The van der Waals surface area contributed by atoms with Crippen molar-refractivity contribution < 1.29 is 13.2 Å². The molecule has 0 radical (unpaired) electrons. The first kappa shape index (κ1) is 16.6. The van der Waals surface area contributed by atoms with E-state index in [0.29, 0.717) is 33.8 Å². The lowest BCUT2D eigenvalue weighted by Crippen LogP contribution is -2.11. The van der Waals surface area contributed by atoms with E-state index in [-0.39, 0.29) is 5.56 Å². The van der Waals surface area contributed by atoms with E-state index in [0.717, 1.165) is 12.1 Å². The van der Waals surface area contributed by atoms with Gasteiger partial charge in [0.05, 0.1) is 22.2 Å². The molecule has 3 nitrogen and oxygen atoms in total. The summed E-state index contributed by atoms with van der Waals surface area (Å²) in [5, 5.41) is 0.518. The molecule has 3 aromatic rings. The number of benzene rings is 2. The number of halogens is 3. The molecule has 0 bridgehead atoms. The molecule has 0 atom stereocenters. The largest absolute Gasteiger partial charge is 0.416 e. The minimum Gasteiger partial charge on any atom is -0.309 e. The van der Waals surface area contributed by atoms with Crippen molar-refractivity contribution in [3.8, 4) is 0 Å². The van der Waals surface area contributed by atoms with Crippen LogP contribution in [-0.2, 0) is 17.7 Å². The van der Waals surface area contributed by atoms with Crippen LogP contribution in [-0.4, -0.2) is 9.97 Å². The van der Waals surface area contributed by atoms with Crippen molar-refractivity contribution in [1.29, 1.82) is 0 Å². The minimum atomic E-state index is -4.34. The molecule has 1 aromatic heterocycles. The number of aromatic nitrogens is 2. The van der Waals surface area contributed by atoms with Crippen molar-refractivity contribution >= 4 is 22.7 Å². The van der Waals surface area contributed by atoms with Gasteiger partial charge in [-0.3, -0.25) is 4.79 Å². The Morgan fingerprint density at radius 2 is 1.83 bits per heavy atom. The fourth-order valence-electron chi connectivity index (χ4n) is 2.31. The van der Waals surface area contributed by atoms with Crippen LogP contribution in [0.5, 0.6) is 0 Å². The normalized spacial score (nSPS) is 11.8.